The van der Waals surface area contributed by atoms with Gasteiger partial charge in [0.2, 0.25) is 5.91 Å². The van der Waals surface area contributed by atoms with Crippen molar-refractivity contribution >= 4 is 56.9 Å². The molecule has 0 bridgehead atoms. The smallest absolute Gasteiger partial charge is 0.255 e. The van der Waals surface area contributed by atoms with Crippen molar-refractivity contribution in [2.24, 2.45) is 0 Å². The van der Waals surface area contributed by atoms with Crippen LogP contribution in [0, 0.1) is 0 Å². The number of hydrogen-bond acceptors (Lipinski definition) is 4. The summed E-state index contributed by atoms with van der Waals surface area (Å²) >= 11 is 8.05. The van der Waals surface area contributed by atoms with Crippen molar-refractivity contribution < 1.29 is 9.59 Å². The van der Waals surface area contributed by atoms with Gasteiger partial charge in [-0.25, -0.2) is 0 Å². The van der Waals surface area contributed by atoms with Crippen LogP contribution in [0.2, 0.25) is 5.02 Å². The van der Waals surface area contributed by atoms with Crippen LogP contribution in [-0.4, -0.2) is 16.8 Å². The number of anilines is 2. The summed E-state index contributed by atoms with van der Waals surface area (Å²) in [6, 6.07) is 25.9. The van der Waals surface area contributed by atoms with E-state index in [1.165, 1.54) is 0 Å². The number of amides is 2. The Bertz CT molecular complexity index is 1510. The van der Waals surface area contributed by atoms with E-state index in [0.717, 1.165) is 26.9 Å². The molecule has 2 N–H and O–H groups in total. The minimum absolute atomic E-state index is 0.0969. The summed E-state index contributed by atoms with van der Waals surface area (Å²) in [5.41, 5.74) is 3.22. The predicted molar refractivity (Wildman–Crippen MR) is 143 cm³/mol. The van der Waals surface area contributed by atoms with Gasteiger partial charge < -0.3 is 10.6 Å². The molecule has 0 aliphatic heterocycles. The number of nitrogens with one attached hydrogen (secondary N) is 2. The van der Waals surface area contributed by atoms with Gasteiger partial charge in [0.1, 0.15) is 0 Å². The number of fused-ring (bicyclic) bond motifs is 1. The molecule has 0 radical (unpaired) electrons. The zero-order valence-corrected chi connectivity index (χ0v) is 20.1. The van der Waals surface area contributed by atoms with Crippen molar-refractivity contribution in [2.75, 3.05) is 10.6 Å². The van der Waals surface area contributed by atoms with Crippen LogP contribution in [0.4, 0.5) is 11.4 Å². The Morgan fingerprint density at radius 3 is 2.46 bits per heavy atom. The highest BCUT2D eigenvalue weighted by atomic mass is 35.5. The molecule has 0 aliphatic carbocycles. The van der Waals surface area contributed by atoms with Gasteiger partial charge in [0.05, 0.1) is 17.1 Å². The number of rotatable bonds is 6. The predicted octanol–water partition coefficient (Wildman–Crippen LogP) is 7.05. The average Bonchev–Trinajstić information content (AvgIpc) is 3.38. The Balaban J connectivity index is 1.31. The summed E-state index contributed by atoms with van der Waals surface area (Å²) in [7, 11) is 0. The number of pyridine rings is 1. The topological polar surface area (TPSA) is 71.1 Å². The second-order valence-corrected chi connectivity index (χ2v) is 9.35. The SMILES string of the molecule is O=C(Cc1cccs1)Nc1ccc(C(=O)Nc2ccc(Cl)c(-c3nccc4ccccc34)c2)cc1. The van der Waals surface area contributed by atoms with E-state index in [1.54, 1.807) is 53.9 Å². The first-order valence-corrected chi connectivity index (χ1v) is 12.2. The van der Waals surface area contributed by atoms with Gasteiger partial charge in [-0.2, -0.15) is 0 Å². The van der Waals surface area contributed by atoms with Crippen molar-refractivity contribution in [1.82, 2.24) is 4.98 Å². The molecule has 172 valence electrons. The number of hydrogen-bond donors (Lipinski definition) is 2. The van der Waals surface area contributed by atoms with Crippen molar-refractivity contribution in [2.45, 2.75) is 6.42 Å². The number of benzene rings is 3. The maximum absolute atomic E-state index is 12.9. The van der Waals surface area contributed by atoms with E-state index in [1.807, 2.05) is 53.9 Å². The van der Waals surface area contributed by atoms with E-state index in [9.17, 15) is 9.59 Å². The van der Waals surface area contributed by atoms with E-state index in [-0.39, 0.29) is 11.8 Å². The molecule has 3 aromatic carbocycles. The number of carbonyl (C=O) groups excluding carboxylic acids is 2. The van der Waals surface area contributed by atoms with Gasteiger partial charge in [-0.05, 0) is 65.4 Å². The quantitative estimate of drug-likeness (QED) is 0.264. The van der Waals surface area contributed by atoms with Crippen LogP contribution in [0.25, 0.3) is 22.0 Å². The zero-order valence-electron chi connectivity index (χ0n) is 18.5. The summed E-state index contributed by atoms with van der Waals surface area (Å²) in [5.74, 6) is -0.360. The van der Waals surface area contributed by atoms with Crippen LogP contribution in [0.3, 0.4) is 0 Å². The summed E-state index contributed by atoms with van der Waals surface area (Å²) in [6.07, 6.45) is 2.07. The molecule has 5 rings (SSSR count). The molecule has 0 atom stereocenters. The lowest BCUT2D eigenvalue weighted by Gasteiger charge is -2.11. The molecule has 0 aliphatic rings. The Hall–Kier alpha value is -4.00. The van der Waals surface area contributed by atoms with E-state index >= 15 is 0 Å². The summed E-state index contributed by atoms with van der Waals surface area (Å²) in [5, 5.41) is 10.3. The first-order valence-electron chi connectivity index (χ1n) is 10.9. The molecule has 2 amide bonds. The summed E-state index contributed by atoms with van der Waals surface area (Å²) < 4.78 is 0. The lowest BCUT2D eigenvalue weighted by atomic mass is 10.0. The van der Waals surface area contributed by atoms with Gasteiger partial charge in [-0.15, -0.1) is 11.3 Å². The summed E-state index contributed by atoms with van der Waals surface area (Å²) in [6.45, 7) is 0. The van der Waals surface area contributed by atoms with Crippen molar-refractivity contribution in [3.05, 3.63) is 112 Å². The number of halogens is 1. The highest BCUT2D eigenvalue weighted by molar-refractivity contribution is 7.10. The van der Waals surface area contributed by atoms with Crippen molar-refractivity contribution in [1.29, 1.82) is 0 Å². The fraction of sp³-hybridized carbons (Fsp3) is 0.0357. The normalized spacial score (nSPS) is 10.8. The second-order valence-electron chi connectivity index (χ2n) is 7.91. The maximum Gasteiger partial charge on any atom is 0.255 e. The molecular formula is C28H20ClN3O2S. The highest BCUT2D eigenvalue weighted by Gasteiger charge is 2.13. The third-order valence-electron chi connectivity index (χ3n) is 5.50. The zero-order chi connectivity index (χ0) is 24.2. The monoisotopic (exact) mass is 497 g/mol. The van der Waals surface area contributed by atoms with E-state index in [2.05, 4.69) is 15.6 Å². The minimum atomic E-state index is -0.263. The number of aromatic nitrogens is 1. The Morgan fingerprint density at radius 1 is 0.857 bits per heavy atom. The molecule has 5 nitrogen and oxygen atoms in total. The highest BCUT2D eigenvalue weighted by Crippen LogP contribution is 2.33. The van der Waals surface area contributed by atoms with E-state index in [4.69, 9.17) is 11.6 Å². The van der Waals surface area contributed by atoms with Crippen LogP contribution < -0.4 is 10.6 Å². The van der Waals surface area contributed by atoms with Gasteiger partial charge >= 0.3 is 0 Å². The third-order valence-corrected chi connectivity index (χ3v) is 6.70. The van der Waals surface area contributed by atoms with E-state index in [0.29, 0.717) is 28.4 Å². The molecule has 0 unspecified atom stereocenters. The largest absolute Gasteiger partial charge is 0.326 e. The third kappa shape index (κ3) is 5.24. The van der Waals surface area contributed by atoms with Crippen molar-refractivity contribution in [3.8, 4) is 11.3 Å². The summed E-state index contributed by atoms with van der Waals surface area (Å²) in [4.78, 5) is 30.6. The van der Waals surface area contributed by atoms with Gasteiger partial charge in [0.15, 0.2) is 0 Å². The Morgan fingerprint density at radius 2 is 1.66 bits per heavy atom. The van der Waals surface area contributed by atoms with Gasteiger partial charge in [-0.3, -0.25) is 14.6 Å². The van der Waals surface area contributed by atoms with Crippen LogP contribution in [0.5, 0.6) is 0 Å². The molecule has 2 aromatic heterocycles. The lowest BCUT2D eigenvalue weighted by molar-refractivity contribution is -0.115. The number of nitrogens with zero attached hydrogens (tertiary/aromatic N) is 1. The molecule has 2 heterocycles. The fourth-order valence-corrected chi connectivity index (χ4v) is 4.71. The molecule has 0 saturated heterocycles. The number of thiophene rings is 1. The van der Waals surface area contributed by atoms with Gasteiger partial charge in [-0.1, -0.05) is 41.9 Å². The first kappa shape index (κ1) is 22.8. The molecule has 0 saturated carbocycles. The number of carbonyl (C=O) groups is 2. The Labute approximate surface area is 211 Å². The fourth-order valence-electron chi connectivity index (χ4n) is 3.80. The van der Waals surface area contributed by atoms with Gasteiger partial charge in [0, 0.05) is 39.0 Å². The minimum Gasteiger partial charge on any atom is -0.326 e. The van der Waals surface area contributed by atoms with Crippen molar-refractivity contribution in [3.63, 3.8) is 0 Å². The van der Waals surface area contributed by atoms with E-state index < -0.39 is 0 Å². The maximum atomic E-state index is 12.9. The molecule has 35 heavy (non-hydrogen) atoms. The molecule has 7 heteroatoms. The van der Waals surface area contributed by atoms with Crippen LogP contribution >= 0.6 is 22.9 Å². The second kappa shape index (κ2) is 10.1. The molecular weight excluding hydrogens is 478 g/mol. The van der Waals surface area contributed by atoms with Gasteiger partial charge in [0.25, 0.3) is 5.91 Å². The lowest BCUT2D eigenvalue weighted by Crippen LogP contribution is -2.14. The van der Waals surface area contributed by atoms with Crippen LogP contribution in [0.1, 0.15) is 15.2 Å². The molecule has 5 aromatic rings. The van der Waals surface area contributed by atoms with Crippen LogP contribution in [-0.2, 0) is 11.2 Å². The van der Waals surface area contributed by atoms with Crippen LogP contribution in [0.15, 0.2) is 96.5 Å². The standard InChI is InChI=1S/C28H20ClN3O2S/c29-25-12-11-21(16-24(25)27-23-6-2-1-4-18(23)13-14-30-27)32-28(34)19-7-9-20(10-8-19)31-26(33)17-22-5-3-15-35-22/h1-16H,17H2,(H,31,33)(H,32,34). The molecule has 0 spiro atoms. The molecule has 0 fully saturated rings. The first-order chi connectivity index (χ1) is 17.1. The Kier molecular flexibility index (Phi) is 6.57. The average molecular weight is 498 g/mol.